The quantitative estimate of drug-likeness (QED) is 0.314. The number of carbonyl (C=O) groups is 1. The molecule has 0 aliphatic carbocycles. The molecule has 1 unspecified atom stereocenters. The summed E-state index contributed by atoms with van der Waals surface area (Å²) < 4.78 is 10.8. The molecule has 0 aliphatic rings. The second-order valence-electron chi connectivity index (χ2n) is 5.66. The maximum Gasteiger partial charge on any atom is 0.306 e. The van der Waals surface area contributed by atoms with Gasteiger partial charge in [0, 0.05) is 13.2 Å². The third kappa shape index (κ3) is 11.5. The zero-order valence-corrected chi connectivity index (χ0v) is 14.0. The molecule has 1 atom stereocenters. The van der Waals surface area contributed by atoms with Gasteiger partial charge in [0.15, 0.2) is 6.29 Å². The standard InChI is InChI=1S/C17H32O4/c1-5-20-16(21-6-2)12-10-8-7-9-11-15(17(18)19)13-14(3)4/h10,12,14-16H,5-9,11,13H2,1-4H3,(H,18,19)/b12-10+. The van der Waals surface area contributed by atoms with Crippen LogP contribution in [-0.4, -0.2) is 30.6 Å². The highest BCUT2D eigenvalue weighted by atomic mass is 16.7. The number of ether oxygens (including phenoxy) is 2. The molecular formula is C17H32O4. The Labute approximate surface area is 129 Å². The van der Waals surface area contributed by atoms with Crippen LogP contribution >= 0.6 is 0 Å². The number of carboxylic acids is 1. The molecule has 0 aromatic heterocycles. The van der Waals surface area contributed by atoms with Crippen molar-refractivity contribution in [3.05, 3.63) is 12.2 Å². The van der Waals surface area contributed by atoms with E-state index >= 15 is 0 Å². The largest absolute Gasteiger partial charge is 0.481 e. The smallest absolute Gasteiger partial charge is 0.306 e. The molecule has 4 heteroatoms. The Balaban J connectivity index is 3.89. The van der Waals surface area contributed by atoms with Gasteiger partial charge in [0.05, 0.1) is 5.92 Å². The van der Waals surface area contributed by atoms with Crippen LogP contribution in [-0.2, 0) is 14.3 Å². The molecule has 0 rings (SSSR count). The predicted octanol–water partition coefficient (Wildman–Crippen LogP) is 4.25. The Morgan fingerprint density at radius 3 is 2.24 bits per heavy atom. The van der Waals surface area contributed by atoms with E-state index in [1.807, 2.05) is 19.9 Å². The van der Waals surface area contributed by atoms with Crippen molar-refractivity contribution >= 4 is 5.97 Å². The van der Waals surface area contributed by atoms with Gasteiger partial charge in [0.25, 0.3) is 0 Å². The molecule has 0 radical (unpaired) electrons. The van der Waals surface area contributed by atoms with Gasteiger partial charge in [0.1, 0.15) is 0 Å². The first-order chi connectivity index (χ1) is 10.0. The summed E-state index contributed by atoms with van der Waals surface area (Å²) in [6, 6.07) is 0. The lowest BCUT2D eigenvalue weighted by molar-refractivity contribution is -0.142. The van der Waals surface area contributed by atoms with E-state index in [2.05, 4.69) is 19.9 Å². The van der Waals surface area contributed by atoms with Crippen LogP contribution in [0.4, 0.5) is 0 Å². The average Bonchev–Trinajstić information content (AvgIpc) is 2.41. The van der Waals surface area contributed by atoms with Gasteiger partial charge in [-0.25, -0.2) is 0 Å². The summed E-state index contributed by atoms with van der Waals surface area (Å²) in [6.07, 6.45) is 8.16. The van der Waals surface area contributed by atoms with Gasteiger partial charge < -0.3 is 14.6 Å². The minimum absolute atomic E-state index is 0.200. The number of unbranched alkanes of at least 4 members (excludes halogenated alkanes) is 2. The summed E-state index contributed by atoms with van der Waals surface area (Å²) in [4.78, 5) is 11.1. The number of hydrogen-bond acceptors (Lipinski definition) is 3. The first-order valence-electron chi connectivity index (χ1n) is 8.13. The van der Waals surface area contributed by atoms with Gasteiger partial charge >= 0.3 is 5.97 Å². The number of aliphatic carboxylic acids is 1. The summed E-state index contributed by atoms with van der Waals surface area (Å²) in [7, 11) is 0. The maximum absolute atomic E-state index is 11.1. The molecule has 1 N–H and O–H groups in total. The monoisotopic (exact) mass is 300 g/mol. The van der Waals surface area contributed by atoms with Gasteiger partial charge in [-0.15, -0.1) is 0 Å². The Bertz CT molecular complexity index is 281. The molecule has 0 saturated heterocycles. The van der Waals surface area contributed by atoms with Crippen molar-refractivity contribution in [3.63, 3.8) is 0 Å². The fraction of sp³-hybridized carbons (Fsp3) is 0.824. The number of carboxylic acid groups (broad SMARTS) is 1. The molecule has 0 aliphatic heterocycles. The molecule has 0 amide bonds. The van der Waals surface area contributed by atoms with Gasteiger partial charge in [-0.05, 0) is 51.5 Å². The van der Waals surface area contributed by atoms with Crippen molar-refractivity contribution in [3.8, 4) is 0 Å². The van der Waals surface area contributed by atoms with E-state index in [-0.39, 0.29) is 12.2 Å². The van der Waals surface area contributed by atoms with Crippen LogP contribution in [0.15, 0.2) is 12.2 Å². The molecule has 21 heavy (non-hydrogen) atoms. The van der Waals surface area contributed by atoms with Crippen LogP contribution in [0.25, 0.3) is 0 Å². The highest BCUT2D eigenvalue weighted by Gasteiger charge is 2.17. The summed E-state index contributed by atoms with van der Waals surface area (Å²) in [5, 5.41) is 9.17. The minimum atomic E-state index is -0.660. The lowest BCUT2D eigenvalue weighted by Gasteiger charge is -2.14. The van der Waals surface area contributed by atoms with E-state index < -0.39 is 5.97 Å². The van der Waals surface area contributed by atoms with Gasteiger partial charge in [0.2, 0.25) is 0 Å². The lowest BCUT2D eigenvalue weighted by Crippen LogP contribution is -2.16. The number of rotatable bonds is 13. The van der Waals surface area contributed by atoms with E-state index in [1.54, 1.807) is 0 Å². The van der Waals surface area contributed by atoms with Gasteiger partial charge in [-0.3, -0.25) is 4.79 Å². The van der Waals surface area contributed by atoms with Crippen LogP contribution in [0.3, 0.4) is 0 Å². The zero-order chi connectivity index (χ0) is 16.1. The van der Waals surface area contributed by atoms with E-state index in [0.29, 0.717) is 19.1 Å². The van der Waals surface area contributed by atoms with Crippen molar-refractivity contribution in [2.75, 3.05) is 13.2 Å². The summed E-state index contributed by atoms with van der Waals surface area (Å²) in [6.45, 7) is 9.29. The first-order valence-corrected chi connectivity index (χ1v) is 8.13. The van der Waals surface area contributed by atoms with Crippen molar-refractivity contribution in [1.29, 1.82) is 0 Å². The molecule has 0 fully saturated rings. The van der Waals surface area contributed by atoms with Crippen LogP contribution in [0.2, 0.25) is 0 Å². The van der Waals surface area contributed by atoms with E-state index in [0.717, 1.165) is 32.1 Å². The van der Waals surface area contributed by atoms with Crippen LogP contribution in [0.1, 0.15) is 59.8 Å². The van der Waals surface area contributed by atoms with E-state index in [1.165, 1.54) is 0 Å². The molecular weight excluding hydrogens is 268 g/mol. The Morgan fingerprint density at radius 1 is 1.14 bits per heavy atom. The summed E-state index contributed by atoms with van der Waals surface area (Å²) in [5.74, 6) is -0.426. The van der Waals surface area contributed by atoms with E-state index in [4.69, 9.17) is 14.6 Å². The van der Waals surface area contributed by atoms with Crippen molar-refractivity contribution in [2.24, 2.45) is 11.8 Å². The van der Waals surface area contributed by atoms with Gasteiger partial charge in [-0.1, -0.05) is 26.3 Å². The molecule has 0 heterocycles. The Morgan fingerprint density at radius 2 is 1.76 bits per heavy atom. The van der Waals surface area contributed by atoms with Crippen molar-refractivity contribution < 1.29 is 19.4 Å². The SMILES string of the molecule is CCOC(/C=C/CCCCC(CC(C)C)C(=O)O)OCC. The fourth-order valence-electron chi connectivity index (χ4n) is 2.26. The summed E-state index contributed by atoms with van der Waals surface area (Å²) in [5.41, 5.74) is 0. The molecule has 0 bridgehead atoms. The molecule has 124 valence electrons. The van der Waals surface area contributed by atoms with Crippen LogP contribution < -0.4 is 0 Å². The molecule has 0 aromatic rings. The third-order valence-corrected chi connectivity index (χ3v) is 3.23. The number of allylic oxidation sites excluding steroid dienone is 1. The number of hydrogen-bond donors (Lipinski definition) is 1. The highest BCUT2D eigenvalue weighted by Crippen LogP contribution is 2.19. The summed E-state index contributed by atoms with van der Waals surface area (Å²) >= 11 is 0. The van der Waals surface area contributed by atoms with Crippen molar-refractivity contribution in [1.82, 2.24) is 0 Å². The second-order valence-corrected chi connectivity index (χ2v) is 5.66. The fourth-order valence-corrected chi connectivity index (χ4v) is 2.26. The first kappa shape index (κ1) is 20.1. The topological polar surface area (TPSA) is 55.8 Å². The maximum atomic E-state index is 11.1. The van der Waals surface area contributed by atoms with E-state index in [9.17, 15) is 4.79 Å². The highest BCUT2D eigenvalue weighted by molar-refractivity contribution is 5.69. The van der Waals surface area contributed by atoms with Crippen LogP contribution in [0.5, 0.6) is 0 Å². The molecule has 0 spiro atoms. The second kappa shape index (κ2) is 12.8. The Hall–Kier alpha value is -0.870. The van der Waals surface area contributed by atoms with Crippen LogP contribution in [0, 0.1) is 11.8 Å². The van der Waals surface area contributed by atoms with Gasteiger partial charge in [-0.2, -0.15) is 0 Å². The normalized spacial score (nSPS) is 13.4. The molecule has 4 nitrogen and oxygen atoms in total. The Kier molecular flexibility index (Phi) is 12.3. The minimum Gasteiger partial charge on any atom is -0.481 e. The zero-order valence-electron chi connectivity index (χ0n) is 14.0. The molecule has 0 aromatic carbocycles. The average molecular weight is 300 g/mol. The molecule has 0 saturated carbocycles. The lowest BCUT2D eigenvalue weighted by atomic mass is 9.92. The van der Waals surface area contributed by atoms with Crippen molar-refractivity contribution in [2.45, 2.75) is 66.1 Å². The predicted molar refractivity (Wildman–Crippen MR) is 85.2 cm³/mol. The third-order valence-electron chi connectivity index (χ3n) is 3.23.